The second kappa shape index (κ2) is 5.22. The molecule has 2 aromatic rings. The van der Waals surface area contributed by atoms with Gasteiger partial charge in [-0.25, -0.2) is 9.38 Å². The minimum Gasteiger partial charge on any atom is -0.503 e. The van der Waals surface area contributed by atoms with Gasteiger partial charge in [-0.2, -0.15) is 0 Å². The number of rotatable bonds is 1. The highest BCUT2D eigenvalue weighted by molar-refractivity contribution is 7.98. The molecule has 3 rings (SSSR count). The predicted molar refractivity (Wildman–Crippen MR) is 79.2 cm³/mol. The molecule has 0 aromatic heterocycles. The Morgan fingerprint density at radius 1 is 1.25 bits per heavy atom. The molecular weight excluding hydrogens is 301 g/mol. The maximum Gasteiger partial charge on any atom is 0.211 e. The first-order valence-corrected chi connectivity index (χ1v) is 6.89. The third-order valence-corrected chi connectivity index (χ3v) is 3.85. The van der Waals surface area contributed by atoms with E-state index in [1.54, 1.807) is 18.2 Å². The highest BCUT2D eigenvalue weighted by Crippen LogP contribution is 2.40. The molecule has 0 fully saturated rings. The number of nitrogens with zero attached hydrogens (tertiary/aromatic N) is 1. The van der Waals surface area contributed by atoms with E-state index in [0.29, 0.717) is 21.6 Å². The second-order valence-electron chi connectivity index (χ2n) is 4.01. The van der Waals surface area contributed by atoms with Crippen LogP contribution in [0.5, 0.6) is 5.75 Å². The van der Waals surface area contributed by atoms with Crippen molar-refractivity contribution in [3.05, 3.63) is 47.2 Å². The highest BCUT2D eigenvalue weighted by Gasteiger charge is 2.18. The van der Waals surface area contributed by atoms with Crippen LogP contribution in [0.1, 0.15) is 0 Å². The molecule has 3 N–H and O–H groups in total. The van der Waals surface area contributed by atoms with Gasteiger partial charge < -0.3 is 10.4 Å². The second-order valence-corrected chi connectivity index (χ2v) is 5.27. The summed E-state index contributed by atoms with van der Waals surface area (Å²) >= 11 is 7.27. The van der Waals surface area contributed by atoms with Gasteiger partial charge in [0.1, 0.15) is 5.69 Å². The topological polar surface area (TPSA) is 56.7 Å². The molecule has 0 bridgehead atoms. The van der Waals surface area contributed by atoms with E-state index in [1.165, 1.54) is 18.0 Å². The largest absolute Gasteiger partial charge is 0.503 e. The molecule has 0 saturated carbocycles. The molecule has 7 heteroatoms. The number of aliphatic imine (C=N–C) groups is 1. The summed E-state index contributed by atoms with van der Waals surface area (Å²) in [6, 6.07) is 9.93. The lowest BCUT2D eigenvalue weighted by Gasteiger charge is -2.18. The van der Waals surface area contributed by atoms with E-state index in [1.807, 2.05) is 12.1 Å². The highest BCUT2D eigenvalue weighted by atomic mass is 35.5. The number of hydrogen-bond donors (Lipinski definition) is 3. The number of fused-ring (bicyclic) bond motifs is 1. The zero-order valence-electron chi connectivity index (χ0n) is 10.0. The Hall–Kier alpha value is -1.92. The summed E-state index contributed by atoms with van der Waals surface area (Å²) < 4.78 is 16.3. The first-order valence-electron chi connectivity index (χ1n) is 5.70. The SMILES string of the molecule is Oc1c(F)ccc2c1N=C(Nc1ccccc1Cl)NS2. The molecule has 1 heterocycles. The number of guanidine groups is 1. The van der Waals surface area contributed by atoms with Crippen molar-refractivity contribution in [1.29, 1.82) is 0 Å². The fourth-order valence-electron chi connectivity index (χ4n) is 1.71. The van der Waals surface area contributed by atoms with Crippen molar-refractivity contribution in [2.75, 3.05) is 5.32 Å². The molecule has 2 aromatic carbocycles. The van der Waals surface area contributed by atoms with Crippen molar-refractivity contribution in [2.45, 2.75) is 4.90 Å². The van der Waals surface area contributed by atoms with Gasteiger partial charge in [0.15, 0.2) is 11.6 Å². The Kier molecular flexibility index (Phi) is 3.42. The van der Waals surface area contributed by atoms with E-state index in [0.717, 1.165) is 0 Å². The lowest BCUT2D eigenvalue weighted by atomic mass is 10.3. The van der Waals surface area contributed by atoms with Crippen LogP contribution in [-0.2, 0) is 0 Å². The van der Waals surface area contributed by atoms with Crippen molar-refractivity contribution in [1.82, 2.24) is 4.72 Å². The van der Waals surface area contributed by atoms with Crippen LogP contribution in [0.2, 0.25) is 5.02 Å². The molecule has 0 spiro atoms. The van der Waals surface area contributed by atoms with E-state index in [2.05, 4.69) is 15.0 Å². The first kappa shape index (κ1) is 13.1. The van der Waals surface area contributed by atoms with Crippen molar-refractivity contribution < 1.29 is 9.50 Å². The molecule has 0 saturated heterocycles. The average Bonchev–Trinajstić information content (AvgIpc) is 2.46. The zero-order valence-corrected chi connectivity index (χ0v) is 11.6. The van der Waals surface area contributed by atoms with Gasteiger partial charge in [-0.3, -0.25) is 4.72 Å². The number of hydrogen-bond acceptors (Lipinski definition) is 5. The van der Waals surface area contributed by atoms with Gasteiger partial charge in [-0.15, -0.1) is 0 Å². The summed E-state index contributed by atoms with van der Waals surface area (Å²) in [4.78, 5) is 4.81. The third kappa shape index (κ3) is 2.39. The van der Waals surface area contributed by atoms with E-state index in [9.17, 15) is 9.50 Å². The van der Waals surface area contributed by atoms with Crippen LogP contribution in [0.4, 0.5) is 15.8 Å². The van der Waals surface area contributed by atoms with Crippen LogP contribution in [0.15, 0.2) is 46.3 Å². The number of halogens is 2. The average molecular weight is 310 g/mol. The maximum atomic E-state index is 13.3. The van der Waals surface area contributed by atoms with Crippen molar-refractivity contribution in [3.8, 4) is 5.75 Å². The van der Waals surface area contributed by atoms with Gasteiger partial charge in [-0.1, -0.05) is 23.7 Å². The van der Waals surface area contributed by atoms with Crippen LogP contribution in [0.3, 0.4) is 0 Å². The number of para-hydroxylation sites is 1. The number of aromatic hydroxyl groups is 1. The van der Waals surface area contributed by atoms with Crippen LogP contribution in [0.25, 0.3) is 0 Å². The number of anilines is 1. The molecule has 102 valence electrons. The Labute approximate surface area is 123 Å². The monoisotopic (exact) mass is 309 g/mol. The smallest absolute Gasteiger partial charge is 0.211 e. The van der Waals surface area contributed by atoms with Gasteiger partial charge in [0.25, 0.3) is 0 Å². The van der Waals surface area contributed by atoms with Gasteiger partial charge >= 0.3 is 0 Å². The predicted octanol–water partition coefficient (Wildman–Crippen LogP) is 3.89. The lowest BCUT2D eigenvalue weighted by Crippen LogP contribution is -2.27. The van der Waals surface area contributed by atoms with Gasteiger partial charge in [0, 0.05) is 0 Å². The quantitative estimate of drug-likeness (QED) is 0.699. The number of nitrogens with one attached hydrogen (secondary N) is 2. The van der Waals surface area contributed by atoms with E-state index in [4.69, 9.17) is 11.6 Å². The summed E-state index contributed by atoms with van der Waals surface area (Å²) in [5.74, 6) is -0.793. The molecule has 1 aliphatic heterocycles. The fraction of sp³-hybridized carbons (Fsp3) is 0. The van der Waals surface area contributed by atoms with Crippen LogP contribution in [0, 0.1) is 5.82 Å². The number of benzene rings is 2. The summed E-state index contributed by atoms with van der Waals surface area (Å²) in [6.07, 6.45) is 0. The first-order chi connectivity index (χ1) is 9.65. The van der Waals surface area contributed by atoms with Gasteiger partial charge in [0.05, 0.1) is 15.6 Å². The lowest BCUT2D eigenvalue weighted by molar-refractivity contribution is 0.432. The molecule has 0 radical (unpaired) electrons. The van der Waals surface area contributed by atoms with Crippen LogP contribution in [-0.4, -0.2) is 11.1 Å². The van der Waals surface area contributed by atoms with Crippen molar-refractivity contribution in [3.63, 3.8) is 0 Å². The van der Waals surface area contributed by atoms with Crippen molar-refractivity contribution in [2.24, 2.45) is 4.99 Å². The summed E-state index contributed by atoms with van der Waals surface area (Å²) in [5.41, 5.74) is 0.865. The van der Waals surface area contributed by atoms with Gasteiger partial charge in [-0.05, 0) is 36.2 Å². The molecule has 0 atom stereocenters. The third-order valence-electron chi connectivity index (χ3n) is 2.67. The molecule has 1 aliphatic rings. The number of phenols is 1. The van der Waals surface area contributed by atoms with Gasteiger partial charge in [0.2, 0.25) is 5.96 Å². The van der Waals surface area contributed by atoms with E-state index >= 15 is 0 Å². The Morgan fingerprint density at radius 2 is 2.05 bits per heavy atom. The molecule has 0 aliphatic carbocycles. The zero-order chi connectivity index (χ0) is 14.1. The number of phenolic OH excluding ortho intramolecular Hbond substituents is 1. The van der Waals surface area contributed by atoms with Crippen molar-refractivity contribution >= 4 is 40.9 Å². The summed E-state index contributed by atoms with van der Waals surface area (Å²) in [6.45, 7) is 0. The molecular formula is C13H9ClFN3OS. The fourth-order valence-corrected chi connectivity index (χ4v) is 2.57. The molecule has 0 unspecified atom stereocenters. The Bertz CT molecular complexity index is 708. The Balaban J connectivity index is 1.95. The Morgan fingerprint density at radius 3 is 2.85 bits per heavy atom. The molecule has 20 heavy (non-hydrogen) atoms. The standard InChI is InChI=1S/C13H9ClFN3OS/c14-7-3-1-2-4-9(7)16-13-17-11-10(20-18-13)6-5-8(15)12(11)19/h1-6,19H,(H2,16,17,18). The summed E-state index contributed by atoms with van der Waals surface area (Å²) in [5, 5.41) is 13.2. The molecule has 4 nitrogen and oxygen atoms in total. The minimum atomic E-state index is -0.702. The minimum absolute atomic E-state index is 0.198. The molecule has 0 amide bonds. The van der Waals surface area contributed by atoms with E-state index in [-0.39, 0.29) is 5.69 Å². The maximum absolute atomic E-state index is 13.3. The van der Waals surface area contributed by atoms with Crippen LogP contribution >= 0.6 is 23.5 Å². The summed E-state index contributed by atoms with van der Waals surface area (Å²) in [7, 11) is 0. The van der Waals surface area contributed by atoms with Crippen LogP contribution < -0.4 is 10.0 Å². The normalized spacial score (nSPS) is 13.2. The van der Waals surface area contributed by atoms with E-state index < -0.39 is 11.6 Å².